The molecule has 2 aliphatic rings. The largest absolute Gasteiger partial charge is 0.394 e. The van der Waals surface area contributed by atoms with Crippen molar-refractivity contribution < 1.29 is 14.7 Å². The standard InChI is InChI=1S/C14H24N2O3/c1-2-12(9-17)15-13(18)11-4-3-7-16(8-11)14(19)10-5-6-10/h10-12,17H,2-9H2,1H3,(H,15,18)/t11?,12-/m1/s1. The highest BCUT2D eigenvalue weighted by atomic mass is 16.3. The first kappa shape index (κ1) is 14.3. The van der Waals surface area contributed by atoms with Crippen LogP contribution in [0, 0.1) is 11.8 Å². The average molecular weight is 268 g/mol. The lowest BCUT2D eigenvalue weighted by atomic mass is 9.96. The third-order valence-electron chi connectivity index (χ3n) is 4.09. The van der Waals surface area contributed by atoms with E-state index in [9.17, 15) is 9.59 Å². The molecule has 1 unspecified atom stereocenters. The second-order valence-electron chi connectivity index (χ2n) is 5.69. The number of nitrogens with zero attached hydrogens (tertiary/aromatic N) is 1. The highest BCUT2D eigenvalue weighted by molar-refractivity contribution is 5.83. The highest BCUT2D eigenvalue weighted by Crippen LogP contribution is 2.32. The predicted molar refractivity (Wildman–Crippen MR) is 71.3 cm³/mol. The van der Waals surface area contributed by atoms with Crippen molar-refractivity contribution in [3.8, 4) is 0 Å². The molecule has 5 heteroatoms. The molecule has 0 aromatic carbocycles. The van der Waals surface area contributed by atoms with E-state index in [4.69, 9.17) is 5.11 Å². The first-order valence-corrected chi connectivity index (χ1v) is 7.35. The number of hydrogen-bond donors (Lipinski definition) is 2. The number of hydrogen-bond acceptors (Lipinski definition) is 3. The Kier molecular flexibility index (Phi) is 4.80. The summed E-state index contributed by atoms with van der Waals surface area (Å²) in [5.41, 5.74) is 0. The number of aliphatic hydroxyl groups is 1. The van der Waals surface area contributed by atoms with Crippen LogP contribution in [-0.4, -0.2) is 47.6 Å². The van der Waals surface area contributed by atoms with Crippen LogP contribution in [0.25, 0.3) is 0 Å². The van der Waals surface area contributed by atoms with Crippen molar-refractivity contribution in [1.82, 2.24) is 10.2 Å². The molecule has 2 N–H and O–H groups in total. The van der Waals surface area contributed by atoms with Gasteiger partial charge in [0.05, 0.1) is 18.6 Å². The minimum Gasteiger partial charge on any atom is -0.394 e. The van der Waals surface area contributed by atoms with Gasteiger partial charge in [-0.1, -0.05) is 6.92 Å². The third kappa shape index (κ3) is 3.69. The molecule has 2 amide bonds. The van der Waals surface area contributed by atoms with Crippen LogP contribution in [0.5, 0.6) is 0 Å². The second kappa shape index (κ2) is 6.37. The number of rotatable bonds is 5. The smallest absolute Gasteiger partial charge is 0.225 e. The number of aliphatic hydroxyl groups excluding tert-OH is 1. The van der Waals surface area contributed by atoms with Gasteiger partial charge in [0, 0.05) is 19.0 Å². The van der Waals surface area contributed by atoms with Gasteiger partial charge in [0.2, 0.25) is 11.8 Å². The fourth-order valence-electron chi connectivity index (χ4n) is 2.58. The van der Waals surface area contributed by atoms with Crippen molar-refractivity contribution in [1.29, 1.82) is 0 Å². The quantitative estimate of drug-likeness (QED) is 0.764. The number of carbonyl (C=O) groups excluding carboxylic acids is 2. The Labute approximate surface area is 114 Å². The van der Waals surface area contributed by atoms with Gasteiger partial charge in [-0.2, -0.15) is 0 Å². The zero-order valence-electron chi connectivity index (χ0n) is 11.6. The zero-order valence-corrected chi connectivity index (χ0v) is 11.6. The second-order valence-corrected chi connectivity index (χ2v) is 5.69. The van der Waals surface area contributed by atoms with Crippen molar-refractivity contribution in [3.63, 3.8) is 0 Å². The molecule has 108 valence electrons. The van der Waals surface area contributed by atoms with Crippen LogP contribution in [0.2, 0.25) is 0 Å². The van der Waals surface area contributed by atoms with E-state index < -0.39 is 0 Å². The zero-order chi connectivity index (χ0) is 13.8. The van der Waals surface area contributed by atoms with E-state index >= 15 is 0 Å². The first-order chi connectivity index (χ1) is 9.15. The number of piperidine rings is 1. The topological polar surface area (TPSA) is 69.6 Å². The lowest BCUT2D eigenvalue weighted by Gasteiger charge is -2.32. The van der Waals surface area contributed by atoms with Crippen LogP contribution in [-0.2, 0) is 9.59 Å². The molecule has 0 radical (unpaired) electrons. The molecule has 0 aromatic rings. The van der Waals surface area contributed by atoms with Gasteiger partial charge in [-0.3, -0.25) is 9.59 Å². The van der Waals surface area contributed by atoms with Crippen molar-refractivity contribution >= 4 is 11.8 Å². The monoisotopic (exact) mass is 268 g/mol. The first-order valence-electron chi connectivity index (χ1n) is 7.35. The highest BCUT2D eigenvalue weighted by Gasteiger charge is 2.36. The molecule has 1 saturated heterocycles. The molecule has 2 fully saturated rings. The van der Waals surface area contributed by atoms with Gasteiger partial charge in [0.15, 0.2) is 0 Å². The van der Waals surface area contributed by atoms with Gasteiger partial charge >= 0.3 is 0 Å². The summed E-state index contributed by atoms with van der Waals surface area (Å²) in [4.78, 5) is 26.0. The van der Waals surface area contributed by atoms with E-state index in [1.807, 2.05) is 11.8 Å². The SMILES string of the molecule is CC[C@H](CO)NC(=O)C1CCCN(C(=O)C2CC2)C1. The molecule has 0 spiro atoms. The Morgan fingerprint density at radius 1 is 1.32 bits per heavy atom. The van der Waals surface area contributed by atoms with E-state index in [1.54, 1.807) is 0 Å². The van der Waals surface area contributed by atoms with Crippen LogP contribution < -0.4 is 5.32 Å². The maximum Gasteiger partial charge on any atom is 0.225 e. The molecule has 5 nitrogen and oxygen atoms in total. The van der Waals surface area contributed by atoms with Gasteiger partial charge in [0.25, 0.3) is 0 Å². The Morgan fingerprint density at radius 3 is 2.63 bits per heavy atom. The summed E-state index contributed by atoms with van der Waals surface area (Å²) in [7, 11) is 0. The number of carbonyl (C=O) groups is 2. The van der Waals surface area contributed by atoms with Crippen LogP contribution in [0.1, 0.15) is 39.0 Å². The third-order valence-corrected chi connectivity index (χ3v) is 4.09. The summed E-state index contributed by atoms with van der Waals surface area (Å²) in [6.45, 7) is 3.24. The normalized spacial score (nSPS) is 24.9. The molecule has 0 aromatic heterocycles. The predicted octanol–water partition coefficient (Wildman–Crippen LogP) is 0.522. The van der Waals surface area contributed by atoms with Gasteiger partial charge < -0.3 is 15.3 Å². The molecule has 1 saturated carbocycles. The van der Waals surface area contributed by atoms with Gasteiger partial charge in [-0.05, 0) is 32.1 Å². The molecule has 19 heavy (non-hydrogen) atoms. The Hall–Kier alpha value is -1.10. The molecular formula is C14H24N2O3. The molecule has 2 atom stereocenters. The molecule has 1 aliphatic heterocycles. The number of likely N-dealkylation sites (tertiary alicyclic amines) is 1. The minimum absolute atomic E-state index is 0.0193. The lowest BCUT2D eigenvalue weighted by molar-refractivity contribution is -0.137. The summed E-state index contributed by atoms with van der Waals surface area (Å²) in [6.07, 6.45) is 4.47. The fourth-order valence-corrected chi connectivity index (χ4v) is 2.58. The van der Waals surface area contributed by atoms with Gasteiger partial charge in [-0.15, -0.1) is 0 Å². The molecular weight excluding hydrogens is 244 g/mol. The van der Waals surface area contributed by atoms with Crippen LogP contribution in [0.4, 0.5) is 0 Å². The number of nitrogens with one attached hydrogen (secondary N) is 1. The Morgan fingerprint density at radius 2 is 2.05 bits per heavy atom. The summed E-state index contributed by atoms with van der Waals surface area (Å²) in [6, 6.07) is -0.165. The van der Waals surface area contributed by atoms with Gasteiger partial charge in [0.1, 0.15) is 0 Å². The maximum absolute atomic E-state index is 12.1. The average Bonchev–Trinajstić information content (AvgIpc) is 3.28. The summed E-state index contributed by atoms with van der Waals surface area (Å²) < 4.78 is 0. The fraction of sp³-hybridized carbons (Fsp3) is 0.857. The molecule has 1 aliphatic carbocycles. The minimum atomic E-state index is -0.165. The Balaban J connectivity index is 1.85. The van der Waals surface area contributed by atoms with Crippen LogP contribution in [0.15, 0.2) is 0 Å². The van der Waals surface area contributed by atoms with E-state index in [-0.39, 0.29) is 36.3 Å². The van der Waals surface area contributed by atoms with E-state index in [1.165, 1.54) is 0 Å². The van der Waals surface area contributed by atoms with Crippen LogP contribution in [0.3, 0.4) is 0 Å². The maximum atomic E-state index is 12.1. The Bertz CT molecular complexity index is 338. The van der Waals surface area contributed by atoms with E-state index in [2.05, 4.69) is 5.32 Å². The summed E-state index contributed by atoms with van der Waals surface area (Å²) in [5.74, 6) is 0.320. The number of amides is 2. The van der Waals surface area contributed by atoms with Crippen molar-refractivity contribution in [2.24, 2.45) is 11.8 Å². The van der Waals surface area contributed by atoms with Crippen LogP contribution >= 0.6 is 0 Å². The summed E-state index contributed by atoms with van der Waals surface area (Å²) in [5, 5.41) is 12.0. The molecule has 0 bridgehead atoms. The molecule has 1 heterocycles. The van der Waals surface area contributed by atoms with Crippen molar-refractivity contribution in [2.75, 3.05) is 19.7 Å². The van der Waals surface area contributed by atoms with E-state index in [0.717, 1.165) is 38.6 Å². The lowest BCUT2D eigenvalue weighted by Crippen LogP contribution is -2.48. The van der Waals surface area contributed by atoms with Crippen molar-refractivity contribution in [2.45, 2.75) is 45.1 Å². The van der Waals surface area contributed by atoms with E-state index in [0.29, 0.717) is 6.54 Å². The molecule has 2 rings (SSSR count). The van der Waals surface area contributed by atoms with Gasteiger partial charge in [-0.25, -0.2) is 0 Å². The van der Waals surface area contributed by atoms with Crippen molar-refractivity contribution in [3.05, 3.63) is 0 Å². The summed E-state index contributed by atoms with van der Waals surface area (Å²) >= 11 is 0.